The first kappa shape index (κ1) is 20.0. The highest BCUT2D eigenvalue weighted by atomic mass is 19.1. The Labute approximate surface area is 160 Å². The number of morpholine rings is 1. The molecule has 0 saturated carbocycles. The van der Waals surface area contributed by atoms with Gasteiger partial charge in [-0.15, -0.1) is 0 Å². The average Bonchev–Trinajstić information content (AvgIpc) is 3.12. The van der Waals surface area contributed by atoms with Crippen molar-refractivity contribution in [2.45, 2.75) is 58.0 Å². The Morgan fingerprint density at radius 3 is 2.74 bits per heavy atom. The van der Waals surface area contributed by atoms with Crippen molar-refractivity contribution in [1.29, 1.82) is 0 Å². The third-order valence-electron chi connectivity index (χ3n) is 4.90. The maximum atomic E-state index is 14.6. The van der Waals surface area contributed by atoms with Gasteiger partial charge < -0.3 is 24.4 Å². The van der Waals surface area contributed by atoms with Crippen molar-refractivity contribution in [3.63, 3.8) is 0 Å². The first-order valence-corrected chi connectivity index (χ1v) is 9.66. The zero-order valence-electron chi connectivity index (χ0n) is 16.2. The Morgan fingerprint density at radius 2 is 2.11 bits per heavy atom. The highest BCUT2D eigenvalue weighted by Crippen LogP contribution is 2.26. The summed E-state index contributed by atoms with van der Waals surface area (Å²) in [5, 5.41) is 2.72. The molecule has 1 aromatic carbocycles. The highest BCUT2D eigenvalue weighted by molar-refractivity contribution is 5.94. The predicted molar refractivity (Wildman–Crippen MR) is 102 cm³/mol. The van der Waals surface area contributed by atoms with Gasteiger partial charge in [0.05, 0.1) is 30.6 Å². The molecule has 1 amide bonds. The lowest BCUT2D eigenvalue weighted by Gasteiger charge is -2.37. The molecular formula is C20H29FN2O4. The van der Waals surface area contributed by atoms with E-state index in [-0.39, 0.29) is 30.0 Å². The minimum Gasteiger partial charge on any atom is -0.376 e. The number of hydrogen-bond acceptors (Lipinski definition) is 5. The van der Waals surface area contributed by atoms with E-state index in [0.717, 1.165) is 19.4 Å². The van der Waals surface area contributed by atoms with Gasteiger partial charge in [0.25, 0.3) is 5.91 Å². The zero-order valence-corrected chi connectivity index (χ0v) is 16.2. The summed E-state index contributed by atoms with van der Waals surface area (Å²) in [7, 11) is 0. The van der Waals surface area contributed by atoms with Crippen LogP contribution in [0.1, 0.15) is 33.6 Å². The standard InChI is InChI=1S/C20H29FN2O4/c1-13-10-23(11-14(2)27-13)19-7-6-16(9-18(19)21)22-20(24)15(3)26-12-17-5-4-8-25-17/h6-7,9,13-15,17H,4-5,8,10-12H2,1-3H3,(H,22,24)/t13-,14-,15+,17-/m1/s1. The first-order valence-electron chi connectivity index (χ1n) is 9.66. The zero-order chi connectivity index (χ0) is 19.4. The number of nitrogens with zero attached hydrogens (tertiary/aromatic N) is 1. The van der Waals surface area contributed by atoms with Gasteiger partial charge in [0, 0.05) is 25.4 Å². The second-order valence-electron chi connectivity index (χ2n) is 7.43. The highest BCUT2D eigenvalue weighted by Gasteiger charge is 2.25. The fourth-order valence-electron chi connectivity index (χ4n) is 3.56. The van der Waals surface area contributed by atoms with E-state index in [1.807, 2.05) is 18.7 Å². The number of anilines is 2. The van der Waals surface area contributed by atoms with E-state index in [4.69, 9.17) is 14.2 Å². The number of amides is 1. The fraction of sp³-hybridized carbons (Fsp3) is 0.650. The van der Waals surface area contributed by atoms with Gasteiger partial charge in [0.2, 0.25) is 0 Å². The molecule has 3 rings (SSSR count). The molecule has 6 nitrogen and oxygen atoms in total. The van der Waals surface area contributed by atoms with Gasteiger partial charge in [-0.2, -0.15) is 0 Å². The summed E-state index contributed by atoms with van der Waals surface area (Å²) in [6, 6.07) is 4.77. The molecule has 2 heterocycles. The van der Waals surface area contributed by atoms with E-state index >= 15 is 0 Å². The van der Waals surface area contributed by atoms with Crippen LogP contribution in [0.3, 0.4) is 0 Å². The summed E-state index contributed by atoms with van der Waals surface area (Å²) in [6.45, 7) is 8.07. The van der Waals surface area contributed by atoms with E-state index in [2.05, 4.69) is 5.32 Å². The summed E-state index contributed by atoms with van der Waals surface area (Å²) in [6.07, 6.45) is 1.53. The quantitative estimate of drug-likeness (QED) is 0.822. The molecule has 2 aliphatic rings. The van der Waals surface area contributed by atoms with Gasteiger partial charge in [0.15, 0.2) is 0 Å². The largest absolute Gasteiger partial charge is 0.376 e. The molecule has 2 fully saturated rings. The van der Waals surface area contributed by atoms with Crippen LogP contribution in [0.25, 0.3) is 0 Å². The van der Waals surface area contributed by atoms with Gasteiger partial charge in [0.1, 0.15) is 11.9 Å². The lowest BCUT2D eigenvalue weighted by Crippen LogP contribution is -2.45. The summed E-state index contributed by atoms with van der Waals surface area (Å²) in [5.74, 6) is -0.657. The van der Waals surface area contributed by atoms with Crippen molar-refractivity contribution < 1.29 is 23.4 Å². The molecule has 0 aromatic heterocycles. The summed E-state index contributed by atoms with van der Waals surface area (Å²) >= 11 is 0. The minimum atomic E-state index is -0.627. The molecule has 0 bridgehead atoms. The maximum absolute atomic E-state index is 14.6. The van der Waals surface area contributed by atoms with Crippen LogP contribution in [0, 0.1) is 5.82 Å². The summed E-state index contributed by atoms with van der Waals surface area (Å²) in [4.78, 5) is 14.3. The molecule has 0 radical (unpaired) electrons. The molecule has 27 heavy (non-hydrogen) atoms. The molecule has 4 atom stereocenters. The van der Waals surface area contributed by atoms with Crippen LogP contribution in [0.15, 0.2) is 18.2 Å². The monoisotopic (exact) mass is 380 g/mol. The van der Waals surface area contributed by atoms with Crippen molar-refractivity contribution >= 4 is 17.3 Å². The van der Waals surface area contributed by atoms with Crippen LogP contribution in [-0.4, -0.2) is 56.6 Å². The molecule has 1 aromatic rings. The van der Waals surface area contributed by atoms with E-state index in [9.17, 15) is 9.18 Å². The number of benzene rings is 1. The molecule has 150 valence electrons. The molecule has 0 unspecified atom stereocenters. The minimum absolute atomic E-state index is 0.0503. The Morgan fingerprint density at radius 1 is 1.37 bits per heavy atom. The predicted octanol–water partition coefficient (Wildman–Crippen LogP) is 2.96. The number of halogens is 1. The maximum Gasteiger partial charge on any atom is 0.253 e. The lowest BCUT2D eigenvalue weighted by molar-refractivity contribution is -0.128. The van der Waals surface area contributed by atoms with E-state index < -0.39 is 6.10 Å². The SMILES string of the molecule is C[C@@H]1CN(c2ccc(NC(=O)[C@H](C)OC[C@H]3CCCO3)cc2F)C[C@@H](C)O1. The van der Waals surface area contributed by atoms with Gasteiger partial charge >= 0.3 is 0 Å². The molecule has 7 heteroatoms. The normalized spacial score (nSPS) is 26.8. The summed E-state index contributed by atoms with van der Waals surface area (Å²) < 4.78 is 31.4. The Kier molecular flexibility index (Phi) is 6.68. The van der Waals surface area contributed by atoms with Gasteiger partial charge in [-0.1, -0.05) is 0 Å². The molecule has 1 N–H and O–H groups in total. The van der Waals surface area contributed by atoms with Crippen LogP contribution in [0.5, 0.6) is 0 Å². The molecule has 2 saturated heterocycles. The van der Waals surface area contributed by atoms with Crippen molar-refractivity contribution in [3.8, 4) is 0 Å². The smallest absolute Gasteiger partial charge is 0.253 e. The van der Waals surface area contributed by atoms with Gasteiger partial charge in [-0.05, 0) is 51.8 Å². The average molecular weight is 380 g/mol. The number of carbonyl (C=O) groups is 1. The third-order valence-corrected chi connectivity index (χ3v) is 4.90. The number of nitrogens with one attached hydrogen (secondary N) is 1. The number of hydrogen-bond donors (Lipinski definition) is 1. The second-order valence-corrected chi connectivity index (χ2v) is 7.43. The molecule has 0 aliphatic carbocycles. The molecular weight excluding hydrogens is 351 g/mol. The third kappa shape index (κ3) is 5.40. The van der Waals surface area contributed by atoms with Crippen LogP contribution in [0.2, 0.25) is 0 Å². The number of ether oxygens (including phenoxy) is 3. The van der Waals surface area contributed by atoms with Crippen LogP contribution in [-0.2, 0) is 19.0 Å². The second kappa shape index (κ2) is 8.99. The Balaban J connectivity index is 1.55. The van der Waals surface area contributed by atoms with Gasteiger partial charge in [-0.25, -0.2) is 4.39 Å². The van der Waals surface area contributed by atoms with Gasteiger partial charge in [-0.3, -0.25) is 4.79 Å². The van der Waals surface area contributed by atoms with Crippen molar-refractivity contribution in [2.75, 3.05) is 36.5 Å². The van der Waals surface area contributed by atoms with Crippen molar-refractivity contribution in [1.82, 2.24) is 0 Å². The topological polar surface area (TPSA) is 60.0 Å². The van der Waals surface area contributed by atoms with E-state index in [1.54, 1.807) is 19.1 Å². The van der Waals surface area contributed by atoms with Crippen molar-refractivity contribution in [2.24, 2.45) is 0 Å². The lowest BCUT2D eigenvalue weighted by atomic mass is 10.1. The fourth-order valence-corrected chi connectivity index (χ4v) is 3.56. The first-order chi connectivity index (χ1) is 12.9. The van der Waals surface area contributed by atoms with E-state index in [0.29, 0.717) is 31.1 Å². The molecule has 0 spiro atoms. The Hall–Kier alpha value is -1.70. The molecule has 2 aliphatic heterocycles. The van der Waals surface area contributed by atoms with Crippen LogP contribution in [0.4, 0.5) is 15.8 Å². The van der Waals surface area contributed by atoms with E-state index in [1.165, 1.54) is 6.07 Å². The van der Waals surface area contributed by atoms with Crippen molar-refractivity contribution in [3.05, 3.63) is 24.0 Å². The Bertz CT molecular complexity index is 641. The van der Waals surface area contributed by atoms with Crippen LogP contribution >= 0.6 is 0 Å². The number of carbonyl (C=O) groups excluding carboxylic acids is 1. The van der Waals surface area contributed by atoms with Crippen LogP contribution < -0.4 is 10.2 Å². The number of rotatable bonds is 6. The summed E-state index contributed by atoms with van der Waals surface area (Å²) in [5.41, 5.74) is 0.945.